The number of anilines is 1. The van der Waals surface area contributed by atoms with Crippen molar-refractivity contribution in [2.75, 3.05) is 25.0 Å². The average molecular weight is 276 g/mol. The maximum atomic E-state index is 12.1. The number of ether oxygens (including phenoxy) is 1. The normalized spacial score (nSPS) is 9.70. The Kier molecular flexibility index (Phi) is 6.29. The number of esters is 1. The second kappa shape index (κ2) is 7.99. The minimum absolute atomic E-state index is 0.0997. The van der Waals surface area contributed by atoms with Crippen molar-refractivity contribution in [3.8, 4) is 0 Å². The maximum Gasteiger partial charge on any atom is 0.325 e. The van der Waals surface area contributed by atoms with E-state index >= 15 is 0 Å². The zero-order chi connectivity index (χ0) is 15.0. The summed E-state index contributed by atoms with van der Waals surface area (Å²) in [7, 11) is 0. The van der Waals surface area contributed by atoms with Gasteiger partial charge < -0.3 is 15.0 Å². The molecule has 1 N–H and O–H groups in total. The van der Waals surface area contributed by atoms with E-state index in [0.29, 0.717) is 12.3 Å². The number of urea groups is 1. The number of aryl methyl sites for hydroxylation is 1. The molecule has 2 amide bonds. The van der Waals surface area contributed by atoms with Crippen LogP contribution in [-0.4, -0.2) is 36.6 Å². The SMILES string of the molecule is C=CCN(CC(=O)OCC)C(=O)Nc1cccc(C)c1. The molecule has 0 aliphatic heterocycles. The highest BCUT2D eigenvalue weighted by atomic mass is 16.5. The van der Waals surface area contributed by atoms with Crippen LogP contribution in [0, 0.1) is 6.92 Å². The van der Waals surface area contributed by atoms with Gasteiger partial charge in [-0.3, -0.25) is 4.79 Å². The first-order valence-electron chi connectivity index (χ1n) is 6.46. The molecule has 0 atom stereocenters. The fraction of sp³-hybridized carbons (Fsp3) is 0.333. The van der Waals surface area contributed by atoms with Crippen LogP contribution in [0.3, 0.4) is 0 Å². The molecular formula is C15H20N2O3. The Morgan fingerprint density at radius 2 is 2.20 bits per heavy atom. The molecule has 0 heterocycles. The van der Waals surface area contributed by atoms with Crippen LogP contribution in [0.15, 0.2) is 36.9 Å². The summed E-state index contributed by atoms with van der Waals surface area (Å²) in [6.07, 6.45) is 1.56. The van der Waals surface area contributed by atoms with Crippen molar-refractivity contribution in [3.63, 3.8) is 0 Å². The Morgan fingerprint density at radius 1 is 1.45 bits per heavy atom. The lowest BCUT2D eigenvalue weighted by Gasteiger charge is -2.20. The number of benzene rings is 1. The summed E-state index contributed by atoms with van der Waals surface area (Å²) >= 11 is 0. The lowest BCUT2D eigenvalue weighted by molar-refractivity contribution is -0.143. The van der Waals surface area contributed by atoms with Gasteiger partial charge in [-0.15, -0.1) is 6.58 Å². The quantitative estimate of drug-likeness (QED) is 0.641. The predicted molar refractivity (Wildman–Crippen MR) is 78.6 cm³/mol. The van der Waals surface area contributed by atoms with Crippen molar-refractivity contribution in [1.82, 2.24) is 4.90 Å². The molecule has 0 unspecified atom stereocenters. The van der Waals surface area contributed by atoms with Gasteiger partial charge in [0.15, 0.2) is 0 Å². The van der Waals surface area contributed by atoms with Gasteiger partial charge in [0.25, 0.3) is 0 Å². The first-order valence-corrected chi connectivity index (χ1v) is 6.46. The second-order valence-corrected chi connectivity index (χ2v) is 4.27. The first kappa shape index (κ1) is 15.8. The van der Waals surface area contributed by atoms with Crippen LogP contribution >= 0.6 is 0 Å². The molecule has 0 bridgehead atoms. The van der Waals surface area contributed by atoms with Crippen molar-refractivity contribution < 1.29 is 14.3 Å². The topological polar surface area (TPSA) is 58.6 Å². The minimum Gasteiger partial charge on any atom is -0.465 e. The molecular weight excluding hydrogens is 256 g/mol. The molecule has 1 aromatic carbocycles. The van der Waals surface area contributed by atoms with E-state index in [4.69, 9.17) is 4.74 Å². The number of nitrogens with zero attached hydrogens (tertiary/aromatic N) is 1. The molecule has 0 saturated carbocycles. The Hall–Kier alpha value is -2.30. The minimum atomic E-state index is -0.436. The summed E-state index contributed by atoms with van der Waals surface area (Å²) in [5.74, 6) is -0.436. The lowest BCUT2D eigenvalue weighted by atomic mass is 10.2. The number of hydrogen-bond acceptors (Lipinski definition) is 3. The second-order valence-electron chi connectivity index (χ2n) is 4.27. The fourth-order valence-electron chi connectivity index (χ4n) is 1.66. The van der Waals surface area contributed by atoms with Gasteiger partial charge in [-0.2, -0.15) is 0 Å². The molecule has 108 valence electrons. The van der Waals surface area contributed by atoms with Crippen LogP contribution in [0.4, 0.5) is 10.5 Å². The van der Waals surface area contributed by atoms with Crippen LogP contribution in [0.1, 0.15) is 12.5 Å². The smallest absolute Gasteiger partial charge is 0.325 e. The third-order valence-corrected chi connectivity index (χ3v) is 2.53. The third kappa shape index (κ3) is 5.14. The Bertz CT molecular complexity index is 486. The summed E-state index contributed by atoms with van der Waals surface area (Å²) < 4.78 is 4.84. The molecule has 1 rings (SSSR count). The summed E-state index contributed by atoms with van der Waals surface area (Å²) in [6.45, 7) is 7.72. The van der Waals surface area contributed by atoms with Gasteiger partial charge in [-0.05, 0) is 31.5 Å². The van der Waals surface area contributed by atoms with E-state index in [9.17, 15) is 9.59 Å². The van der Waals surface area contributed by atoms with Gasteiger partial charge in [0, 0.05) is 12.2 Å². The van der Waals surface area contributed by atoms with Crippen molar-refractivity contribution in [1.29, 1.82) is 0 Å². The molecule has 0 aliphatic carbocycles. The summed E-state index contributed by atoms with van der Waals surface area (Å²) in [5.41, 5.74) is 1.73. The number of rotatable bonds is 6. The molecule has 20 heavy (non-hydrogen) atoms. The standard InChI is InChI=1S/C15H20N2O3/c1-4-9-17(11-14(18)20-5-2)15(19)16-13-8-6-7-12(3)10-13/h4,6-8,10H,1,5,9,11H2,2-3H3,(H,16,19). The van der Waals surface area contributed by atoms with E-state index in [2.05, 4.69) is 11.9 Å². The highest BCUT2D eigenvalue weighted by Gasteiger charge is 2.16. The number of carbonyl (C=O) groups is 2. The van der Waals surface area contributed by atoms with Crippen molar-refractivity contribution in [3.05, 3.63) is 42.5 Å². The van der Waals surface area contributed by atoms with Crippen molar-refractivity contribution in [2.24, 2.45) is 0 Å². The number of carbonyl (C=O) groups excluding carboxylic acids is 2. The zero-order valence-electron chi connectivity index (χ0n) is 11.9. The lowest BCUT2D eigenvalue weighted by Crippen LogP contribution is -2.39. The van der Waals surface area contributed by atoms with Gasteiger partial charge in [-0.25, -0.2) is 4.79 Å². The molecule has 5 heteroatoms. The van der Waals surface area contributed by atoms with E-state index in [1.54, 1.807) is 19.1 Å². The van der Waals surface area contributed by atoms with Crippen LogP contribution in [0.2, 0.25) is 0 Å². The fourth-order valence-corrected chi connectivity index (χ4v) is 1.66. The van der Waals surface area contributed by atoms with E-state index in [0.717, 1.165) is 5.56 Å². The van der Waals surface area contributed by atoms with Gasteiger partial charge in [0.2, 0.25) is 0 Å². The van der Waals surface area contributed by atoms with E-state index < -0.39 is 5.97 Å². The van der Waals surface area contributed by atoms with E-state index in [-0.39, 0.29) is 19.1 Å². The molecule has 0 fully saturated rings. The van der Waals surface area contributed by atoms with E-state index in [1.165, 1.54) is 4.90 Å². The van der Waals surface area contributed by atoms with Crippen LogP contribution in [0.5, 0.6) is 0 Å². The van der Waals surface area contributed by atoms with Crippen LogP contribution in [0.25, 0.3) is 0 Å². The van der Waals surface area contributed by atoms with Crippen molar-refractivity contribution in [2.45, 2.75) is 13.8 Å². The highest BCUT2D eigenvalue weighted by molar-refractivity contribution is 5.91. The zero-order valence-corrected chi connectivity index (χ0v) is 11.9. The summed E-state index contributed by atoms with van der Waals surface area (Å²) in [5, 5.41) is 2.75. The van der Waals surface area contributed by atoms with Crippen molar-refractivity contribution >= 4 is 17.7 Å². The molecule has 0 aliphatic rings. The van der Waals surface area contributed by atoms with Gasteiger partial charge in [0.1, 0.15) is 6.54 Å². The molecule has 5 nitrogen and oxygen atoms in total. The third-order valence-electron chi connectivity index (χ3n) is 2.53. The average Bonchev–Trinajstić information content (AvgIpc) is 2.38. The molecule has 0 aromatic heterocycles. The van der Waals surface area contributed by atoms with Crippen LogP contribution in [-0.2, 0) is 9.53 Å². The first-order chi connectivity index (χ1) is 9.56. The molecule has 0 radical (unpaired) electrons. The number of amides is 2. The largest absolute Gasteiger partial charge is 0.465 e. The monoisotopic (exact) mass is 276 g/mol. The van der Waals surface area contributed by atoms with Crippen LogP contribution < -0.4 is 5.32 Å². The molecule has 0 spiro atoms. The van der Waals surface area contributed by atoms with Gasteiger partial charge in [-0.1, -0.05) is 18.2 Å². The molecule has 0 saturated heterocycles. The number of hydrogen-bond donors (Lipinski definition) is 1. The predicted octanol–water partition coefficient (Wildman–Crippen LogP) is 2.58. The summed E-state index contributed by atoms with van der Waals surface area (Å²) in [6, 6.07) is 7.09. The number of nitrogens with one attached hydrogen (secondary N) is 1. The Balaban J connectivity index is 2.68. The highest BCUT2D eigenvalue weighted by Crippen LogP contribution is 2.10. The van der Waals surface area contributed by atoms with Gasteiger partial charge >= 0.3 is 12.0 Å². The maximum absolute atomic E-state index is 12.1. The molecule has 1 aromatic rings. The van der Waals surface area contributed by atoms with E-state index in [1.807, 2.05) is 25.1 Å². The summed E-state index contributed by atoms with van der Waals surface area (Å²) in [4.78, 5) is 24.9. The Labute approximate surface area is 119 Å². The van der Waals surface area contributed by atoms with Gasteiger partial charge in [0.05, 0.1) is 6.61 Å². The Morgan fingerprint density at radius 3 is 2.80 bits per heavy atom.